The molecule has 1 aliphatic carbocycles. The molecule has 2 unspecified atom stereocenters. The molecule has 1 aliphatic rings. The summed E-state index contributed by atoms with van der Waals surface area (Å²) in [6.07, 6.45) is 0.770. The summed E-state index contributed by atoms with van der Waals surface area (Å²) in [4.78, 5) is 36.5. The Hall–Kier alpha value is -3.35. The third-order valence-electron chi connectivity index (χ3n) is 6.26. The van der Waals surface area contributed by atoms with Gasteiger partial charge >= 0.3 is 12.1 Å². The Morgan fingerprint density at radius 3 is 2.18 bits per heavy atom. The highest BCUT2D eigenvalue weighted by Crippen LogP contribution is 2.44. The smallest absolute Gasteiger partial charge is 0.408 e. The second kappa shape index (κ2) is 10.5. The summed E-state index contributed by atoms with van der Waals surface area (Å²) < 4.78 is 5.60. The molecule has 33 heavy (non-hydrogen) atoms. The summed E-state index contributed by atoms with van der Waals surface area (Å²) >= 11 is 0. The van der Waals surface area contributed by atoms with Gasteiger partial charge in [0.25, 0.3) is 0 Å². The molecule has 176 valence electrons. The number of carboxylic acid groups (broad SMARTS) is 1. The minimum Gasteiger partial charge on any atom is -0.481 e. The fraction of sp³-hybridized carbons (Fsp3) is 0.423. The lowest BCUT2D eigenvalue weighted by Crippen LogP contribution is -2.57. The van der Waals surface area contributed by atoms with Crippen molar-refractivity contribution in [2.75, 3.05) is 13.2 Å². The summed E-state index contributed by atoms with van der Waals surface area (Å²) in [5, 5.41) is 14.5. The molecule has 0 fully saturated rings. The van der Waals surface area contributed by atoms with Gasteiger partial charge in [-0.05, 0) is 42.0 Å². The van der Waals surface area contributed by atoms with Gasteiger partial charge in [-0.1, -0.05) is 68.8 Å². The topological polar surface area (TPSA) is 105 Å². The highest BCUT2D eigenvalue weighted by atomic mass is 16.5. The lowest BCUT2D eigenvalue weighted by molar-refractivity contribution is -0.141. The fourth-order valence-electron chi connectivity index (χ4n) is 4.31. The molecule has 7 heteroatoms. The number of alkyl carbamates (subject to hydrolysis) is 1. The zero-order chi connectivity index (χ0) is 24.0. The minimum absolute atomic E-state index is 0.0630. The number of fused-ring (bicyclic) bond motifs is 3. The first kappa shape index (κ1) is 24.3. The Bertz CT molecular complexity index is 976. The van der Waals surface area contributed by atoms with Crippen LogP contribution in [-0.4, -0.2) is 41.8 Å². The van der Waals surface area contributed by atoms with Crippen LogP contribution in [0.15, 0.2) is 48.5 Å². The molecule has 0 spiro atoms. The monoisotopic (exact) mass is 452 g/mol. The van der Waals surface area contributed by atoms with Crippen LogP contribution < -0.4 is 10.6 Å². The van der Waals surface area contributed by atoms with Gasteiger partial charge in [0.1, 0.15) is 12.1 Å². The van der Waals surface area contributed by atoms with Crippen LogP contribution in [0.2, 0.25) is 0 Å². The zero-order valence-corrected chi connectivity index (χ0v) is 19.4. The van der Waals surface area contributed by atoms with Gasteiger partial charge in [-0.15, -0.1) is 0 Å². The Kier molecular flexibility index (Phi) is 7.74. The Morgan fingerprint density at radius 1 is 1.06 bits per heavy atom. The fourth-order valence-corrected chi connectivity index (χ4v) is 4.31. The van der Waals surface area contributed by atoms with E-state index in [1.54, 1.807) is 13.8 Å². The normalized spacial score (nSPS) is 15.0. The average molecular weight is 453 g/mol. The molecule has 0 heterocycles. The predicted octanol–water partition coefficient (Wildman–Crippen LogP) is 4.31. The maximum Gasteiger partial charge on any atom is 0.408 e. The van der Waals surface area contributed by atoms with E-state index in [0.717, 1.165) is 22.3 Å². The average Bonchev–Trinajstić information content (AvgIpc) is 3.11. The number of nitrogens with one attached hydrogen (secondary N) is 2. The van der Waals surface area contributed by atoms with Gasteiger partial charge in [-0.25, -0.2) is 4.79 Å². The highest BCUT2D eigenvalue weighted by Gasteiger charge is 2.35. The summed E-state index contributed by atoms with van der Waals surface area (Å²) in [6.45, 7) is 5.57. The van der Waals surface area contributed by atoms with Crippen molar-refractivity contribution in [1.82, 2.24) is 10.6 Å². The third kappa shape index (κ3) is 5.53. The number of aliphatic carboxylic acids is 1. The van der Waals surface area contributed by atoms with E-state index in [1.165, 1.54) is 0 Å². The molecule has 0 bridgehead atoms. The summed E-state index contributed by atoms with van der Waals surface area (Å²) in [7, 11) is 0. The zero-order valence-electron chi connectivity index (χ0n) is 19.4. The molecule has 2 atom stereocenters. The number of hydrogen-bond acceptors (Lipinski definition) is 4. The lowest BCUT2D eigenvalue weighted by Gasteiger charge is -2.29. The molecule has 3 rings (SSSR count). The summed E-state index contributed by atoms with van der Waals surface area (Å²) in [6, 6.07) is 16.2. The second-order valence-electron chi connectivity index (χ2n) is 8.82. The van der Waals surface area contributed by atoms with Crippen LogP contribution in [0.3, 0.4) is 0 Å². The molecule has 7 nitrogen and oxygen atoms in total. The molecule has 2 aromatic rings. The Morgan fingerprint density at radius 2 is 1.64 bits per heavy atom. The number of carboxylic acids is 1. The first-order valence-corrected chi connectivity index (χ1v) is 11.4. The summed E-state index contributed by atoms with van der Waals surface area (Å²) in [5.74, 6) is -1.88. The highest BCUT2D eigenvalue weighted by molar-refractivity contribution is 5.89. The van der Waals surface area contributed by atoms with E-state index < -0.39 is 23.5 Å². The molecule has 0 saturated carbocycles. The quantitative estimate of drug-likeness (QED) is 0.498. The van der Waals surface area contributed by atoms with Crippen molar-refractivity contribution >= 4 is 18.0 Å². The van der Waals surface area contributed by atoms with Crippen molar-refractivity contribution in [3.05, 3.63) is 59.7 Å². The van der Waals surface area contributed by atoms with E-state index in [1.807, 2.05) is 43.3 Å². The van der Waals surface area contributed by atoms with E-state index in [2.05, 4.69) is 22.8 Å². The number of carbonyl (C=O) groups excluding carboxylic acids is 2. The van der Waals surface area contributed by atoms with Crippen molar-refractivity contribution in [2.24, 2.45) is 5.92 Å². The van der Waals surface area contributed by atoms with Gasteiger partial charge in [-0.2, -0.15) is 0 Å². The van der Waals surface area contributed by atoms with Crippen molar-refractivity contribution in [3.8, 4) is 11.1 Å². The minimum atomic E-state index is -1.15. The van der Waals surface area contributed by atoms with Gasteiger partial charge in [-0.3, -0.25) is 9.59 Å². The van der Waals surface area contributed by atoms with Gasteiger partial charge in [0.05, 0.1) is 5.92 Å². The second-order valence-corrected chi connectivity index (χ2v) is 8.82. The molecule has 0 radical (unpaired) electrons. The largest absolute Gasteiger partial charge is 0.481 e. The molecule has 3 N–H and O–H groups in total. The van der Waals surface area contributed by atoms with Gasteiger partial charge in [0, 0.05) is 12.5 Å². The van der Waals surface area contributed by atoms with Crippen LogP contribution in [0.4, 0.5) is 4.79 Å². The number of rotatable bonds is 10. The van der Waals surface area contributed by atoms with Crippen LogP contribution in [-0.2, 0) is 14.3 Å². The lowest BCUT2D eigenvalue weighted by atomic mass is 9.95. The van der Waals surface area contributed by atoms with Crippen LogP contribution in [0.25, 0.3) is 11.1 Å². The van der Waals surface area contributed by atoms with Crippen LogP contribution in [0, 0.1) is 5.92 Å². The number of amides is 2. The molecule has 2 amide bonds. The molecule has 2 aromatic carbocycles. The first-order chi connectivity index (χ1) is 15.8. The van der Waals surface area contributed by atoms with Crippen LogP contribution in [0.1, 0.15) is 57.1 Å². The van der Waals surface area contributed by atoms with E-state index in [-0.39, 0.29) is 25.0 Å². The molecule has 0 aromatic heterocycles. The maximum atomic E-state index is 12.8. The van der Waals surface area contributed by atoms with Crippen molar-refractivity contribution < 1.29 is 24.2 Å². The Labute approximate surface area is 194 Å². The standard InChI is InChI=1S/C26H32N2O5/c1-4-14-26(3,24(31)27-15-13-17(2)23(29)30)28-25(32)33-16-22-20-11-7-5-9-18(20)19-10-6-8-12-21(19)22/h5-12,17,22H,4,13-16H2,1-3H3,(H,27,31)(H,28,32)(H,29,30). The van der Waals surface area contributed by atoms with Gasteiger partial charge in [0.2, 0.25) is 5.91 Å². The van der Waals surface area contributed by atoms with Crippen molar-refractivity contribution in [1.29, 1.82) is 0 Å². The van der Waals surface area contributed by atoms with Crippen LogP contribution in [0.5, 0.6) is 0 Å². The third-order valence-corrected chi connectivity index (χ3v) is 6.26. The SMILES string of the molecule is CCCC(C)(NC(=O)OCC1c2ccccc2-c2ccccc21)C(=O)NCCC(C)C(=O)O. The van der Waals surface area contributed by atoms with Crippen molar-refractivity contribution in [2.45, 2.75) is 51.5 Å². The molecular formula is C26H32N2O5. The van der Waals surface area contributed by atoms with Crippen LogP contribution >= 0.6 is 0 Å². The molecule has 0 saturated heterocycles. The van der Waals surface area contributed by atoms with E-state index in [9.17, 15) is 14.4 Å². The van der Waals surface area contributed by atoms with Gasteiger partial charge in [0.15, 0.2) is 0 Å². The first-order valence-electron chi connectivity index (χ1n) is 11.4. The van der Waals surface area contributed by atoms with E-state index in [0.29, 0.717) is 19.3 Å². The van der Waals surface area contributed by atoms with E-state index >= 15 is 0 Å². The number of benzene rings is 2. The van der Waals surface area contributed by atoms with E-state index in [4.69, 9.17) is 9.84 Å². The summed E-state index contributed by atoms with van der Waals surface area (Å²) in [5.41, 5.74) is 3.38. The number of ether oxygens (including phenoxy) is 1. The maximum absolute atomic E-state index is 12.8. The van der Waals surface area contributed by atoms with Gasteiger partial charge < -0.3 is 20.5 Å². The Balaban J connectivity index is 1.62. The number of hydrogen-bond donors (Lipinski definition) is 3. The predicted molar refractivity (Wildman–Crippen MR) is 126 cm³/mol. The molecular weight excluding hydrogens is 420 g/mol. The van der Waals surface area contributed by atoms with Crippen molar-refractivity contribution in [3.63, 3.8) is 0 Å². The molecule has 0 aliphatic heterocycles. The number of carbonyl (C=O) groups is 3.